The molecule has 0 fully saturated rings. The lowest BCUT2D eigenvalue weighted by Gasteiger charge is -2.10. The number of hydrogen-bond acceptors (Lipinski definition) is 3. The van der Waals surface area contributed by atoms with Crippen molar-refractivity contribution >= 4 is 21.6 Å². The van der Waals surface area contributed by atoms with Gasteiger partial charge in [-0.3, -0.25) is 0 Å². The van der Waals surface area contributed by atoms with Crippen molar-refractivity contribution in [3.8, 4) is 5.75 Å². The molecule has 1 nitrogen and oxygen atoms in total. The number of benzene rings is 2. The van der Waals surface area contributed by atoms with Crippen molar-refractivity contribution in [2.75, 3.05) is 7.11 Å². The summed E-state index contributed by atoms with van der Waals surface area (Å²) >= 11 is 0. The van der Waals surface area contributed by atoms with E-state index in [-0.39, 0.29) is 0 Å². The Labute approximate surface area is 123 Å². The van der Waals surface area contributed by atoms with Crippen LogP contribution in [0.3, 0.4) is 0 Å². The Bertz CT molecular complexity index is 579. The van der Waals surface area contributed by atoms with Crippen molar-refractivity contribution in [3.05, 3.63) is 53.1 Å². The van der Waals surface area contributed by atoms with Crippen LogP contribution in [0.4, 0.5) is 0 Å². The van der Waals surface area contributed by atoms with Gasteiger partial charge in [0.1, 0.15) is 5.75 Å². The van der Waals surface area contributed by atoms with Gasteiger partial charge in [0, 0.05) is 4.90 Å². The van der Waals surface area contributed by atoms with Crippen LogP contribution in [-0.2, 0) is 0 Å². The molecule has 0 aliphatic carbocycles. The van der Waals surface area contributed by atoms with Gasteiger partial charge >= 0.3 is 0 Å². The molecule has 0 bridgehead atoms. The van der Waals surface area contributed by atoms with Crippen LogP contribution in [0.1, 0.15) is 16.7 Å². The Morgan fingerprint density at radius 1 is 0.789 bits per heavy atom. The molecule has 3 heteroatoms. The van der Waals surface area contributed by atoms with Gasteiger partial charge in [0.15, 0.2) is 0 Å². The lowest BCUT2D eigenvalue weighted by molar-refractivity contribution is 0.404. The first-order chi connectivity index (χ1) is 9.10. The lowest BCUT2D eigenvalue weighted by Crippen LogP contribution is -1.86. The second-order valence-electron chi connectivity index (χ2n) is 4.59. The number of hydrogen-bond donors (Lipinski definition) is 0. The normalized spacial score (nSPS) is 10.5. The molecule has 0 atom stereocenters. The molecule has 0 heterocycles. The van der Waals surface area contributed by atoms with Gasteiger partial charge in [-0.1, -0.05) is 34.6 Å². The molecule has 0 spiro atoms. The van der Waals surface area contributed by atoms with Crippen molar-refractivity contribution < 1.29 is 4.74 Å². The maximum atomic E-state index is 5.43. The quantitative estimate of drug-likeness (QED) is 0.696. The third kappa shape index (κ3) is 3.71. The second kappa shape index (κ2) is 6.40. The summed E-state index contributed by atoms with van der Waals surface area (Å²) < 4.78 is 5.43. The molecule has 0 saturated carbocycles. The molecule has 0 N–H and O–H groups in total. The van der Waals surface area contributed by atoms with E-state index in [1.54, 1.807) is 28.7 Å². The monoisotopic (exact) mass is 290 g/mol. The van der Waals surface area contributed by atoms with E-state index in [9.17, 15) is 0 Å². The lowest BCUT2D eigenvalue weighted by atomic mass is 10.2. The van der Waals surface area contributed by atoms with E-state index in [1.807, 2.05) is 0 Å². The van der Waals surface area contributed by atoms with E-state index < -0.39 is 0 Å². The molecule has 0 aliphatic rings. The zero-order valence-electron chi connectivity index (χ0n) is 11.7. The summed E-state index contributed by atoms with van der Waals surface area (Å²) in [5.74, 6) is 0.947. The number of aryl methyl sites for hydroxylation is 3. The van der Waals surface area contributed by atoms with Crippen LogP contribution in [0, 0.1) is 20.8 Å². The molecule has 2 rings (SSSR count). The minimum absolute atomic E-state index is 0.947. The highest BCUT2D eigenvalue weighted by Gasteiger charge is 2.06. The highest BCUT2D eigenvalue weighted by Crippen LogP contribution is 2.43. The summed E-state index contributed by atoms with van der Waals surface area (Å²) in [6.45, 7) is 6.36. The van der Waals surface area contributed by atoms with E-state index in [4.69, 9.17) is 4.74 Å². The van der Waals surface area contributed by atoms with E-state index in [1.165, 1.54) is 21.6 Å². The summed E-state index contributed by atoms with van der Waals surface area (Å²) in [6.07, 6.45) is 0. The highest BCUT2D eigenvalue weighted by atomic mass is 33.1. The molecule has 0 radical (unpaired) electrons. The van der Waals surface area contributed by atoms with Crippen molar-refractivity contribution in [1.29, 1.82) is 0 Å². The smallest absolute Gasteiger partial charge is 0.133 e. The minimum atomic E-state index is 0.947. The van der Waals surface area contributed by atoms with E-state index in [0.717, 1.165) is 10.6 Å². The zero-order valence-corrected chi connectivity index (χ0v) is 13.3. The fraction of sp³-hybridized carbons (Fsp3) is 0.250. The molecule has 0 saturated heterocycles. The zero-order chi connectivity index (χ0) is 13.8. The third-order valence-electron chi connectivity index (χ3n) is 2.87. The maximum Gasteiger partial charge on any atom is 0.133 e. The van der Waals surface area contributed by atoms with Gasteiger partial charge in [-0.25, -0.2) is 0 Å². The van der Waals surface area contributed by atoms with E-state index in [0.29, 0.717) is 0 Å². The van der Waals surface area contributed by atoms with Crippen molar-refractivity contribution in [1.82, 2.24) is 0 Å². The van der Waals surface area contributed by atoms with Crippen LogP contribution in [-0.4, -0.2) is 7.11 Å². The second-order valence-corrected chi connectivity index (χ2v) is 6.80. The van der Waals surface area contributed by atoms with Crippen molar-refractivity contribution in [2.24, 2.45) is 0 Å². The number of rotatable bonds is 4. The highest BCUT2D eigenvalue weighted by molar-refractivity contribution is 8.76. The molecular weight excluding hydrogens is 272 g/mol. The van der Waals surface area contributed by atoms with Crippen LogP contribution in [0.5, 0.6) is 5.75 Å². The van der Waals surface area contributed by atoms with Crippen molar-refractivity contribution in [2.45, 2.75) is 30.6 Å². The molecule has 0 unspecified atom stereocenters. The minimum Gasteiger partial charge on any atom is -0.496 e. The Morgan fingerprint density at radius 3 is 2.00 bits per heavy atom. The van der Waals surface area contributed by atoms with Crippen LogP contribution in [0.25, 0.3) is 0 Å². The van der Waals surface area contributed by atoms with Gasteiger partial charge in [-0.05, 0) is 60.9 Å². The molecule has 0 aliphatic heterocycles. The average molecular weight is 290 g/mol. The van der Waals surface area contributed by atoms with Crippen LogP contribution >= 0.6 is 21.6 Å². The molecule has 2 aromatic carbocycles. The fourth-order valence-electron chi connectivity index (χ4n) is 1.83. The molecule has 0 aromatic heterocycles. The maximum absolute atomic E-state index is 5.43. The van der Waals surface area contributed by atoms with E-state index >= 15 is 0 Å². The summed E-state index contributed by atoms with van der Waals surface area (Å²) in [5, 5.41) is 0. The van der Waals surface area contributed by atoms with Gasteiger partial charge in [0.2, 0.25) is 0 Å². The Morgan fingerprint density at radius 2 is 1.37 bits per heavy atom. The summed E-state index contributed by atoms with van der Waals surface area (Å²) in [6, 6.07) is 12.9. The van der Waals surface area contributed by atoms with Crippen LogP contribution in [0.15, 0.2) is 46.2 Å². The predicted octanol–water partition coefficient (Wildman–Crippen LogP) is 5.42. The fourth-order valence-corrected chi connectivity index (χ4v) is 4.18. The van der Waals surface area contributed by atoms with Gasteiger partial charge < -0.3 is 4.74 Å². The number of methoxy groups -OCH3 is 1. The molecule has 100 valence electrons. The van der Waals surface area contributed by atoms with Gasteiger partial charge in [0.05, 0.1) is 12.0 Å². The first-order valence-corrected chi connectivity index (χ1v) is 8.31. The molecular formula is C16H18OS2. The topological polar surface area (TPSA) is 9.23 Å². The number of ether oxygens (including phenoxy) is 1. The Hall–Kier alpha value is -1.06. The SMILES string of the molecule is COc1cc(C)ccc1SSc1ccc(C)cc1C. The Kier molecular flexibility index (Phi) is 4.83. The predicted molar refractivity (Wildman–Crippen MR) is 85.4 cm³/mol. The average Bonchev–Trinajstić information content (AvgIpc) is 2.39. The standard InChI is InChI=1S/C16H18OS2/c1-11-5-7-15(13(3)9-11)18-19-16-8-6-12(2)10-14(16)17-4/h5-10H,1-4H3. The van der Waals surface area contributed by atoms with Crippen LogP contribution in [0.2, 0.25) is 0 Å². The molecule has 2 aromatic rings. The van der Waals surface area contributed by atoms with Crippen molar-refractivity contribution in [3.63, 3.8) is 0 Å². The molecule has 19 heavy (non-hydrogen) atoms. The largest absolute Gasteiger partial charge is 0.496 e. The van der Waals surface area contributed by atoms with Gasteiger partial charge in [0.25, 0.3) is 0 Å². The first kappa shape index (κ1) is 14.4. The Balaban J connectivity index is 2.14. The first-order valence-electron chi connectivity index (χ1n) is 6.16. The summed E-state index contributed by atoms with van der Waals surface area (Å²) in [5.41, 5.74) is 3.85. The summed E-state index contributed by atoms with van der Waals surface area (Å²) in [7, 11) is 5.25. The van der Waals surface area contributed by atoms with Crippen LogP contribution < -0.4 is 4.74 Å². The van der Waals surface area contributed by atoms with Gasteiger partial charge in [-0.2, -0.15) is 0 Å². The van der Waals surface area contributed by atoms with Gasteiger partial charge in [-0.15, -0.1) is 0 Å². The van der Waals surface area contributed by atoms with E-state index in [2.05, 4.69) is 57.2 Å². The molecule has 0 amide bonds. The third-order valence-corrected chi connectivity index (χ3v) is 5.44. The summed E-state index contributed by atoms with van der Waals surface area (Å²) in [4.78, 5) is 2.47.